The molecule has 0 spiro atoms. The minimum absolute atomic E-state index is 0.152. The minimum Gasteiger partial charge on any atom is -0.479 e. The molecule has 0 saturated heterocycles. The normalized spacial score (nSPS) is 12.9. The van der Waals surface area contributed by atoms with Crippen LogP contribution in [0.1, 0.15) is 20.8 Å². The molecule has 0 radical (unpaired) electrons. The van der Waals surface area contributed by atoms with E-state index < -0.39 is 22.0 Å². The summed E-state index contributed by atoms with van der Waals surface area (Å²) < 4.78 is 31.8. The van der Waals surface area contributed by atoms with Gasteiger partial charge in [-0.15, -0.1) is 0 Å². The molecule has 9 heteroatoms. The number of hydrogen-bond acceptors (Lipinski definition) is 4. The zero-order valence-electron chi connectivity index (χ0n) is 15.9. The number of carbonyl (C=O) groups excluding carboxylic acids is 1. The summed E-state index contributed by atoms with van der Waals surface area (Å²) in [7, 11) is -2.05. The second kappa shape index (κ2) is 9.13. The van der Waals surface area contributed by atoms with Gasteiger partial charge in [0.1, 0.15) is 5.75 Å². The molecule has 1 unspecified atom stereocenters. The van der Waals surface area contributed by atoms with Gasteiger partial charge in [-0.05, 0) is 63.2 Å². The number of hydrogen-bond donors (Lipinski definition) is 1. The minimum atomic E-state index is -3.58. The number of nitrogens with zero attached hydrogens (tertiary/aromatic N) is 1. The number of carbonyl (C=O) groups is 1. The fourth-order valence-electron chi connectivity index (χ4n) is 2.21. The van der Waals surface area contributed by atoms with Crippen LogP contribution in [0.15, 0.2) is 47.4 Å². The highest BCUT2D eigenvalue weighted by atomic mass is 35.5. The largest absolute Gasteiger partial charge is 0.479 e. The van der Waals surface area contributed by atoms with E-state index in [0.29, 0.717) is 21.5 Å². The zero-order valence-corrected chi connectivity index (χ0v) is 18.3. The molecule has 0 aromatic heterocycles. The highest BCUT2D eigenvalue weighted by Crippen LogP contribution is 2.28. The Morgan fingerprint density at radius 2 is 1.68 bits per heavy atom. The van der Waals surface area contributed by atoms with Crippen molar-refractivity contribution < 1.29 is 17.9 Å². The molecule has 2 rings (SSSR count). The monoisotopic (exact) mass is 444 g/mol. The van der Waals surface area contributed by atoms with Crippen LogP contribution in [0.2, 0.25) is 10.0 Å². The molecule has 0 aliphatic heterocycles. The van der Waals surface area contributed by atoms with Crippen LogP contribution in [0.25, 0.3) is 0 Å². The van der Waals surface area contributed by atoms with E-state index in [1.807, 2.05) is 0 Å². The first-order valence-corrected chi connectivity index (χ1v) is 10.7. The molecule has 0 bridgehead atoms. The van der Waals surface area contributed by atoms with Crippen LogP contribution in [0.5, 0.6) is 5.75 Å². The fraction of sp³-hybridized carbons (Fsp3) is 0.316. The van der Waals surface area contributed by atoms with E-state index >= 15 is 0 Å². The third-order valence-corrected chi connectivity index (χ3v) is 6.67. The van der Waals surface area contributed by atoms with E-state index in [1.165, 1.54) is 41.7 Å². The van der Waals surface area contributed by atoms with E-state index in [-0.39, 0.29) is 10.9 Å². The lowest BCUT2D eigenvalue weighted by atomic mass is 10.3. The Morgan fingerprint density at radius 3 is 2.21 bits per heavy atom. The van der Waals surface area contributed by atoms with Crippen molar-refractivity contribution >= 4 is 44.8 Å². The predicted molar refractivity (Wildman–Crippen MR) is 112 cm³/mol. The molecule has 2 aromatic carbocycles. The van der Waals surface area contributed by atoms with Crippen molar-refractivity contribution in [1.29, 1.82) is 0 Å². The molecule has 6 nitrogen and oxygen atoms in total. The average Bonchev–Trinajstić information content (AvgIpc) is 2.63. The number of halogens is 2. The predicted octanol–water partition coefficient (Wildman–Crippen LogP) is 4.43. The van der Waals surface area contributed by atoms with Crippen molar-refractivity contribution in [2.45, 2.75) is 37.8 Å². The molecule has 0 heterocycles. The van der Waals surface area contributed by atoms with Crippen LogP contribution in [0, 0.1) is 0 Å². The van der Waals surface area contributed by atoms with Crippen molar-refractivity contribution in [3.8, 4) is 5.75 Å². The summed E-state index contributed by atoms with van der Waals surface area (Å²) in [5.74, 6) is -0.0622. The summed E-state index contributed by atoms with van der Waals surface area (Å²) in [5, 5.41) is 3.45. The van der Waals surface area contributed by atoms with Gasteiger partial charge in [0.05, 0.1) is 9.92 Å². The molecule has 152 valence electrons. The van der Waals surface area contributed by atoms with Crippen molar-refractivity contribution in [2.24, 2.45) is 0 Å². The first kappa shape index (κ1) is 22.5. The van der Waals surface area contributed by atoms with Crippen molar-refractivity contribution in [2.75, 3.05) is 12.4 Å². The number of ether oxygens (including phenoxy) is 1. The van der Waals surface area contributed by atoms with Gasteiger partial charge in [-0.2, -0.15) is 4.31 Å². The number of nitrogens with one attached hydrogen (secondary N) is 1. The number of sulfonamides is 1. The second-order valence-electron chi connectivity index (χ2n) is 6.46. The Hall–Kier alpha value is -1.80. The Bertz CT molecular complexity index is 947. The quantitative estimate of drug-likeness (QED) is 0.684. The average molecular weight is 445 g/mol. The molecule has 28 heavy (non-hydrogen) atoms. The summed E-state index contributed by atoms with van der Waals surface area (Å²) >= 11 is 11.9. The van der Waals surface area contributed by atoms with E-state index in [4.69, 9.17) is 27.9 Å². The van der Waals surface area contributed by atoms with E-state index in [0.717, 1.165) is 0 Å². The van der Waals surface area contributed by atoms with E-state index in [2.05, 4.69) is 5.32 Å². The van der Waals surface area contributed by atoms with Crippen LogP contribution >= 0.6 is 23.2 Å². The lowest BCUT2D eigenvalue weighted by Crippen LogP contribution is -2.33. The zero-order chi connectivity index (χ0) is 21.1. The Morgan fingerprint density at radius 1 is 1.07 bits per heavy atom. The molecule has 0 fully saturated rings. The Balaban J connectivity index is 2.06. The summed E-state index contributed by atoms with van der Waals surface area (Å²) in [6.07, 6.45) is -0.825. The molecule has 0 saturated carbocycles. The Kier molecular flexibility index (Phi) is 7.33. The lowest BCUT2D eigenvalue weighted by Gasteiger charge is -2.21. The van der Waals surface area contributed by atoms with Crippen LogP contribution < -0.4 is 10.1 Å². The Labute approximate surface area is 175 Å². The third kappa shape index (κ3) is 5.38. The van der Waals surface area contributed by atoms with Gasteiger partial charge >= 0.3 is 0 Å². The molecular formula is C19H22Cl2N2O4S. The number of benzene rings is 2. The van der Waals surface area contributed by atoms with Gasteiger partial charge in [-0.25, -0.2) is 8.42 Å². The van der Waals surface area contributed by atoms with E-state index in [9.17, 15) is 13.2 Å². The van der Waals surface area contributed by atoms with Crippen molar-refractivity contribution in [1.82, 2.24) is 4.31 Å². The first-order valence-electron chi connectivity index (χ1n) is 8.53. The maximum Gasteiger partial charge on any atom is 0.265 e. The van der Waals surface area contributed by atoms with Crippen LogP contribution in [-0.4, -0.2) is 37.8 Å². The molecule has 1 N–H and O–H groups in total. The topological polar surface area (TPSA) is 75.7 Å². The van der Waals surface area contributed by atoms with Crippen LogP contribution in [0.4, 0.5) is 5.69 Å². The summed E-state index contributed by atoms with van der Waals surface area (Å²) in [6.45, 7) is 5.16. The van der Waals surface area contributed by atoms with Crippen LogP contribution in [-0.2, 0) is 14.8 Å². The standard InChI is InChI=1S/C19H22Cl2N2O4S/c1-12(2)23(4)28(25,26)16-8-6-15(7-9-16)22-19(24)13(3)27-18-10-5-14(20)11-17(18)21/h5-13H,1-4H3,(H,22,24). The molecule has 0 aliphatic rings. The van der Waals surface area contributed by atoms with Crippen molar-refractivity contribution in [3.63, 3.8) is 0 Å². The smallest absolute Gasteiger partial charge is 0.265 e. The van der Waals surface area contributed by atoms with Gasteiger partial charge in [-0.1, -0.05) is 23.2 Å². The molecular weight excluding hydrogens is 423 g/mol. The molecule has 1 atom stereocenters. The van der Waals surface area contributed by atoms with Gasteiger partial charge in [0.25, 0.3) is 5.91 Å². The summed E-state index contributed by atoms with van der Waals surface area (Å²) in [4.78, 5) is 12.5. The van der Waals surface area contributed by atoms with Gasteiger partial charge in [0.15, 0.2) is 6.10 Å². The van der Waals surface area contributed by atoms with Gasteiger partial charge < -0.3 is 10.1 Å². The summed E-state index contributed by atoms with van der Waals surface area (Å²) in [5.41, 5.74) is 0.453. The highest BCUT2D eigenvalue weighted by molar-refractivity contribution is 7.89. The number of amides is 1. The number of rotatable bonds is 7. The van der Waals surface area contributed by atoms with Crippen molar-refractivity contribution in [3.05, 3.63) is 52.5 Å². The van der Waals surface area contributed by atoms with E-state index in [1.54, 1.807) is 32.9 Å². The third-order valence-electron chi connectivity index (χ3n) is 4.09. The summed E-state index contributed by atoms with van der Waals surface area (Å²) in [6, 6.07) is 10.5. The second-order valence-corrected chi connectivity index (χ2v) is 9.30. The maximum absolute atomic E-state index is 12.5. The first-order chi connectivity index (χ1) is 13.0. The van der Waals surface area contributed by atoms with Crippen LogP contribution in [0.3, 0.4) is 0 Å². The SMILES string of the molecule is CC(Oc1ccc(Cl)cc1Cl)C(=O)Nc1ccc(S(=O)(=O)N(C)C(C)C)cc1. The van der Waals surface area contributed by atoms with Gasteiger partial charge in [0, 0.05) is 23.8 Å². The fourth-order valence-corrected chi connectivity index (χ4v) is 4.03. The molecule has 2 aromatic rings. The maximum atomic E-state index is 12.5. The lowest BCUT2D eigenvalue weighted by molar-refractivity contribution is -0.122. The molecule has 0 aliphatic carbocycles. The van der Waals surface area contributed by atoms with Gasteiger partial charge in [0.2, 0.25) is 10.0 Å². The number of anilines is 1. The highest BCUT2D eigenvalue weighted by Gasteiger charge is 2.23. The van der Waals surface area contributed by atoms with Gasteiger partial charge in [-0.3, -0.25) is 4.79 Å². The molecule has 1 amide bonds.